The lowest BCUT2D eigenvalue weighted by atomic mass is 9.90. The summed E-state index contributed by atoms with van der Waals surface area (Å²) >= 11 is 0. The third kappa shape index (κ3) is 2.57. The van der Waals surface area contributed by atoms with Gasteiger partial charge in [-0.2, -0.15) is 13.2 Å². The number of hydrogen-bond donors (Lipinski definition) is 1. The molecule has 1 fully saturated rings. The second-order valence-electron chi connectivity index (χ2n) is 3.28. The van der Waals surface area contributed by atoms with E-state index in [1.165, 1.54) is 7.05 Å². The fourth-order valence-corrected chi connectivity index (χ4v) is 1.46. The van der Waals surface area contributed by atoms with Crippen molar-refractivity contribution in [2.75, 3.05) is 7.05 Å². The van der Waals surface area contributed by atoms with Crippen molar-refractivity contribution >= 4 is 11.5 Å². The van der Waals surface area contributed by atoms with Crippen LogP contribution in [-0.2, 0) is 4.79 Å². The lowest BCUT2D eigenvalue weighted by molar-refractivity contribution is -0.118. The predicted octanol–water partition coefficient (Wildman–Crippen LogP) is 1.59. The van der Waals surface area contributed by atoms with Gasteiger partial charge in [0.2, 0.25) is 0 Å². The van der Waals surface area contributed by atoms with Gasteiger partial charge in [-0.3, -0.25) is 9.79 Å². The van der Waals surface area contributed by atoms with Crippen LogP contribution in [0.3, 0.4) is 0 Å². The van der Waals surface area contributed by atoms with E-state index in [1.54, 1.807) is 0 Å². The van der Waals surface area contributed by atoms with Crippen LogP contribution in [0.25, 0.3) is 0 Å². The van der Waals surface area contributed by atoms with Crippen LogP contribution in [0.4, 0.5) is 13.2 Å². The molecule has 0 saturated heterocycles. The first-order valence-electron chi connectivity index (χ1n) is 4.39. The van der Waals surface area contributed by atoms with E-state index in [0.717, 1.165) is 0 Å². The first-order chi connectivity index (χ1) is 6.86. The SMILES string of the molecule is CN=C1CCC(=O)CC1=C(N)C(F)(F)F. The topological polar surface area (TPSA) is 55.5 Å². The summed E-state index contributed by atoms with van der Waals surface area (Å²) in [5, 5.41) is 0. The molecule has 0 aromatic heterocycles. The third-order valence-electron chi connectivity index (χ3n) is 2.26. The fraction of sp³-hybridized carbons (Fsp3) is 0.556. The van der Waals surface area contributed by atoms with E-state index in [2.05, 4.69) is 4.99 Å². The van der Waals surface area contributed by atoms with E-state index in [4.69, 9.17) is 5.73 Å². The van der Waals surface area contributed by atoms with Crippen LogP contribution in [-0.4, -0.2) is 24.7 Å². The number of aliphatic imine (C=N–C) groups is 1. The number of ketones is 1. The maximum Gasteiger partial charge on any atom is 0.431 e. The molecule has 0 unspecified atom stereocenters. The molecule has 1 aliphatic rings. The minimum atomic E-state index is -4.59. The lowest BCUT2D eigenvalue weighted by Crippen LogP contribution is -2.28. The molecular weight excluding hydrogens is 209 g/mol. The monoisotopic (exact) mass is 220 g/mol. The van der Waals surface area contributed by atoms with Gasteiger partial charge in [0.15, 0.2) is 0 Å². The molecule has 0 bridgehead atoms. The zero-order chi connectivity index (χ0) is 11.6. The van der Waals surface area contributed by atoms with Crippen molar-refractivity contribution in [3.8, 4) is 0 Å². The standard InChI is InChI=1S/C9H11F3N2O/c1-14-7-3-2-5(15)4-6(7)8(13)9(10,11)12/h2-4,13H2,1H3. The van der Waals surface area contributed by atoms with Gasteiger partial charge < -0.3 is 5.73 Å². The van der Waals surface area contributed by atoms with Gasteiger partial charge in [-0.15, -0.1) is 0 Å². The summed E-state index contributed by atoms with van der Waals surface area (Å²) in [4.78, 5) is 14.8. The minimum Gasteiger partial charge on any atom is -0.394 e. The first kappa shape index (κ1) is 11.7. The molecule has 0 aromatic rings. The summed E-state index contributed by atoms with van der Waals surface area (Å²) in [5.74, 6) is -0.232. The van der Waals surface area contributed by atoms with Crippen molar-refractivity contribution in [3.05, 3.63) is 11.3 Å². The van der Waals surface area contributed by atoms with Crippen molar-refractivity contribution in [1.29, 1.82) is 0 Å². The van der Waals surface area contributed by atoms with E-state index in [-0.39, 0.29) is 36.3 Å². The molecule has 0 aromatic carbocycles. The van der Waals surface area contributed by atoms with E-state index >= 15 is 0 Å². The highest BCUT2D eigenvalue weighted by molar-refractivity contribution is 6.09. The van der Waals surface area contributed by atoms with E-state index in [1.807, 2.05) is 0 Å². The largest absolute Gasteiger partial charge is 0.431 e. The average molecular weight is 220 g/mol. The molecule has 15 heavy (non-hydrogen) atoms. The highest BCUT2D eigenvalue weighted by atomic mass is 19.4. The van der Waals surface area contributed by atoms with Gasteiger partial charge in [0, 0.05) is 31.2 Å². The molecule has 0 aliphatic heterocycles. The number of alkyl halides is 3. The van der Waals surface area contributed by atoms with Gasteiger partial charge in [0.05, 0.1) is 0 Å². The average Bonchev–Trinajstić information content (AvgIpc) is 2.15. The lowest BCUT2D eigenvalue weighted by Gasteiger charge is -2.19. The van der Waals surface area contributed by atoms with Crippen LogP contribution in [0, 0.1) is 0 Å². The Kier molecular flexibility index (Phi) is 3.16. The van der Waals surface area contributed by atoms with Gasteiger partial charge in [-0.25, -0.2) is 0 Å². The Balaban J connectivity index is 3.14. The Morgan fingerprint density at radius 2 is 2.00 bits per heavy atom. The molecule has 1 aliphatic carbocycles. The molecule has 1 rings (SSSR count). The summed E-state index contributed by atoms with van der Waals surface area (Å²) < 4.78 is 37.0. The van der Waals surface area contributed by atoms with E-state index in [9.17, 15) is 18.0 Å². The number of halogens is 3. The van der Waals surface area contributed by atoms with Crippen LogP contribution in [0.5, 0.6) is 0 Å². The Morgan fingerprint density at radius 3 is 2.47 bits per heavy atom. The zero-order valence-corrected chi connectivity index (χ0v) is 8.19. The summed E-state index contributed by atoms with van der Waals surface area (Å²) in [7, 11) is 1.40. The maximum atomic E-state index is 12.3. The molecule has 0 spiro atoms. The summed E-state index contributed by atoms with van der Waals surface area (Å²) in [6.07, 6.45) is -4.39. The molecular formula is C9H11F3N2O. The molecule has 1 saturated carbocycles. The zero-order valence-electron chi connectivity index (χ0n) is 8.19. The van der Waals surface area contributed by atoms with Crippen molar-refractivity contribution in [1.82, 2.24) is 0 Å². The Morgan fingerprint density at radius 1 is 1.40 bits per heavy atom. The van der Waals surface area contributed by atoms with Gasteiger partial charge >= 0.3 is 6.18 Å². The number of carbonyl (C=O) groups is 1. The molecule has 3 nitrogen and oxygen atoms in total. The molecule has 0 heterocycles. The molecule has 0 atom stereocenters. The smallest absolute Gasteiger partial charge is 0.394 e. The maximum absolute atomic E-state index is 12.3. The summed E-state index contributed by atoms with van der Waals surface area (Å²) in [6.45, 7) is 0. The van der Waals surface area contributed by atoms with Crippen LogP contribution >= 0.6 is 0 Å². The highest BCUT2D eigenvalue weighted by Gasteiger charge is 2.36. The number of nitrogens with zero attached hydrogens (tertiary/aromatic N) is 1. The number of allylic oxidation sites excluding steroid dienone is 2. The third-order valence-corrected chi connectivity index (χ3v) is 2.26. The second-order valence-corrected chi connectivity index (χ2v) is 3.28. The van der Waals surface area contributed by atoms with Gasteiger partial charge in [-0.05, 0) is 6.42 Å². The summed E-state index contributed by atoms with van der Waals surface area (Å²) in [6, 6.07) is 0. The quantitative estimate of drug-likeness (QED) is 0.673. The van der Waals surface area contributed by atoms with Crippen molar-refractivity contribution in [3.63, 3.8) is 0 Å². The normalized spacial score (nSPS) is 24.5. The Labute approximate surface area is 84.9 Å². The van der Waals surface area contributed by atoms with Crippen LogP contribution in [0.1, 0.15) is 19.3 Å². The molecule has 6 heteroatoms. The molecule has 0 amide bonds. The Hall–Kier alpha value is -1.33. The second kappa shape index (κ2) is 4.04. The number of nitrogens with two attached hydrogens (primary N) is 1. The fourth-order valence-electron chi connectivity index (χ4n) is 1.46. The Bertz CT molecular complexity index is 342. The first-order valence-corrected chi connectivity index (χ1v) is 4.39. The number of rotatable bonds is 0. The number of hydrogen-bond acceptors (Lipinski definition) is 3. The van der Waals surface area contributed by atoms with E-state index in [0.29, 0.717) is 0 Å². The molecule has 0 radical (unpaired) electrons. The number of carbonyl (C=O) groups excluding carboxylic acids is 1. The van der Waals surface area contributed by atoms with Gasteiger partial charge in [0.1, 0.15) is 11.5 Å². The molecule has 2 N–H and O–H groups in total. The number of Topliss-reactive ketones (excluding diaryl/α,β-unsaturated/α-hetero) is 1. The van der Waals surface area contributed by atoms with Crippen molar-refractivity contribution < 1.29 is 18.0 Å². The molecule has 84 valence electrons. The van der Waals surface area contributed by atoms with Gasteiger partial charge in [0.25, 0.3) is 0 Å². The van der Waals surface area contributed by atoms with Crippen molar-refractivity contribution in [2.45, 2.75) is 25.4 Å². The summed E-state index contributed by atoms with van der Waals surface area (Å²) in [5.41, 5.74) is 3.89. The van der Waals surface area contributed by atoms with Crippen LogP contribution in [0.2, 0.25) is 0 Å². The van der Waals surface area contributed by atoms with Crippen LogP contribution < -0.4 is 5.73 Å². The highest BCUT2D eigenvalue weighted by Crippen LogP contribution is 2.29. The van der Waals surface area contributed by atoms with E-state index < -0.39 is 11.9 Å². The minimum absolute atomic E-state index is 0.166. The van der Waals surface area contributed by atoms with Crippen LogP contribution in [0.15, 0.2) is 16.3 Å². The predicted molar refractivity (Wildman–Crippen MR) is 49.5 cm³/mol. The van der Waals surface area contributed by atoms with Gasteiger partial charge in [-0.1, -0.05) is 0 Å². The van der Waals surface area contributed by atoms with Crippen molar-refractivity contribution in [2.24, 2.45) is 10.7 Å².